The lowest BCUT2D eigenvalue weighted by Crippen LogP contribution is -2.12. The summed E-state index contributed by atoms with van der Waals surface area (Å²) in [5.74, 6) is 2.03. The van der Waals surface area contributed by atoms with E-state index in [0.29, 0.717) is 0 Å². The number of aromatic nitrogens is 1. The maximum Gasteiger partial charge on any atom is 0.211 e. The monoisotopic (exact) mass is 234 g/mol. The molecule has 1 aliphatic heterocycles. The van der Waals surface area contributed by atoms with Gasteiger partial charge in [-0.1, -0.05) is 0 Å². The van der Waals surface area contributed by atoms with Crippen molar-refractivity contribution in [3.63, 3.8) is 0 Å². The van der Waals surface area contributed by atoms with Crippen LogP contribution in [0.4, 0.5) is 5.69 Å². The zero-order valence-corrected chi connectivity index (χ0v) is 10.0. The molecule has 1 fully saturated rings. The normalized spacial score (nSPS) is 25.3. The van der Waals surface area contributed by atoms with Crippen molar-refractivity contribution in [2.45, 2.75) is 24.5 Å². The van der Waals surface area contributed by atoms with Crippen molar-refractivity contribution in [2.24, 2.45) is 0 Å². The molecule has 2 heterocycles. The van der Waals surface area contributed by atoms with Crippen LogP contribution in [0.3, 0.4) is 0 Å². The van der Waals surface area contributed by atoms with Gasteiger partial charge in [0.15, 0.2) is 5.58 Å². The molecule has 1 aliphatic rings. The second kappa shape index (κ2) is 3.42. The summed E-state index contributed by atoms with van der Waals surface area (Å²) in [5.41, 5.74) is 8.16. The fourth-order valence-corrected chi connectivity index (χ4v) is 3.36. The highest BCUT2D eigenvalue weighted by Gasteiger charge is 2.36. The van der Waals surface area contributed by atoms with Crippen molar-refractivity contribution in [1.82, 2.24) is 4.98 Å². The number of thioether (sulfide) groups is 1. The van der Waals surface area contributed by atoms with Crippen LogP contribution in [0, 0.1) is 0 Å². The number of fused-ring (bicyclic) bond motifs is 1. The van der Waals surface area contributed by atoms with Crippen molar-refractivity contribution in [3.05, 3.63) is 24.1 Å². The van der Waals surface area contributed by atoms with E-state index < -0.39 is 0 Å². The van der Waals surface area contributed by atoms with E-state index in [9.17, 15) is 0 Å². The first-order valence-electron chi connectivity index (χ1n) is 5.48. The highest BCUT2D eigenvalue weighted by Crippen LogP contribution is 2.46. The Kier molecular flexibility index (Phi) is 2.14. The highest BCUT2D eigenvalue weighted by molar-refractivity contribution is 8.00. The molecule has 2 N–H and O–H groups in total. The number of anilines is 1. The predicted molar refractivity (Wildman–Crippen MR) is 67.5 cm³/mol. The van der Waals surface area contributed by atoms with Crippen LogP contribution in [0.2, 0.25) is 0 Å². The summed E-state index contributed by atoms with van der Waals surface area (Å²) in [6.45, 7) is 2.21. The molecule has 0 bridgehead atoms. The summed E-state index contributed by atoms with van der Waals surface area (Å²) in [6.07, 6.45) is 2.38. The van der Waals surface area contributed by atoms with E-state index in [4.69, 9.17) is 10.2 Å². The largest absolute Gasteiger partial charge is 0.439 e. The van der Waals surface area contributed by atoms with Gasteiger partial charge in [0.05, 0.1) is 4.75 Å². The van der Waals surface area contributed by atoms with Crippen LogP contribution < -0.4 is 5.73 Å². The lowest BCUT2D eigenvalue weighted by Gasteiger charge is -2.17. The van der Waals surface area contributed by atoms with E-state index in [1.807, 2.05) is 30.0 Å². The lowest BCUT2D eigenvalue weighted by atomic mass is 10.1. The van der Waals surface area contributed by atoms with E-state index in [0.717, 1.165) is 29.1 Å². The summed E-state index contributed by atoms with van der Waals surface area (Å²) in [4.78, 5) is 4.56. The maximum absolute atomic E-state index is 5.82. The molecule has 16 heavy (non-hydrogen) atoms. The molecule has 0 radical (unpaired) electrons. The van der Waals surface area contributed by atoms with Gasteiger partial charge in [0.1, 0.15) is 5.52 Å². The molecule has 1 aromatic heterocycles. The first kappa shape index (κ1) is 10.0. The average Bonchev–Trinajstić information content (AvgIpc) is 2.84. The number of hydrogen-bond donors (Lipinski definition) is 1. The van der Waals surface area contributed by atoms with Crippen LogP contribution in [-0.2, 0) is 4.75 Å². The number of rotatable bonds is 1. The summed E-state index contributed by atoms with van der Waals surface area (Å²) in [6, 6.07) is 5.61. The summed E-state index contributed by atoms with van der Waals surface area (Å²) in [7, 11) is 0. The number of nitrogen functional groups attached to an aromatic ring is 1. The van der Waals surface area contributed by atoms with E-state index in [2.05, 4.69) is 11.9 Å². The van der Waals surface area contributed by atoms with Gasteiger partial charge in [-0.05, 0) is 43.7 Å². The van der Waals surface area contributed by atoms with Gasteiger partial charge >= 0.3 is 0 Å². The van der Waals surface area contributed by atoms with Crippen molar-refractivity contribution in [1.29, 1.82) is 0 Å². The first-order valence-corrected chi connectivity index (χ1v) is 6.46. The maximum atomic E-state index is 5.82. The van der Waals surface area contributed by atoms with Gasteiger partial charge in [0.2, 0.25) is 5.89 Å². The third-order valence-corrected chi connectivity index (χ3v) is 4.59. The summed E-state index contributed by atoms with van der Waals surface area (Å²) < 4.78 is 5.87. The van der Waals surface area contributed by atoms with Crippen LogP contribution in [0.15, 0.2) is 22.6 Å². The van der Waals surface area contributed by atoms with E-state index in [1.54, 1.807) is 0 Å². The SMILES string of the molecule is CC1(c2nc3cc(N)ccc3o2)CCCS1. The Morgan fingerprint density at radius 1 is 1.50 bits per heavy atom. The van der Waals surface area contributed by atoms with Crippen LogP contribution in [0.1, 0.15) is 25.7 Å². The van der Waals surface area contributed by atoms with Gasteiger partial charge in [-0.2, -0.15) is 0 Å². The Bertz CT molecular complexity index is 529. The van der Waals surface area contributed by atoms with Crippen LogP contribution in [-0.4, -0.2) is 10.7 Å². The van der Waals surface area contributed by atoms with Gasteiger partial charge in [0.25, 0.3) is 0 Å². The van der Waals surface area contributed by atoms with Crippen molar-refractivity contribution >= 4 is 28.5 Å². The standard InChI is InChI=1S/C12H14N2OS/c1-12(5-2-6-16-12)11-14-9-7-8(13)3-4-10(9)15-11/h3-4,7H,2,5-6,13H2,1H3. The second-order valence-electron chi connectivity index (χ2n) is 4.43. The van der Waals surface area contributed by atoms with Crippen LogP contribution >= 0.6 is 11.8 Å². The minimum Gasteiger partial charge on any atom is -0.439 e. The number of oxazole rings is 1. The molecule has 1 saturated heterocycles. The van der Waals surface area contributed by atoms with Gasteiger partial charge in [-0.15, -0.1) is 11.8 Å². The summed E-state index contributed by atoms with van der Waals surface area (Å²) in [5, 5.41) is 0. The van der Waals surface area contributed by atoms with Crippen LogP contribution in [0.5, 0.6) is 0 Å². The molecule has 2 aromatic rings. The topological polar surface area (TPSA) is 52.0 Å². The smallest absolute Gasteiger partial charge is 0.211 e. The molecule has 0 amide bonds. The second-order valence-corrected chi connectivity index (χ2v) is 6.03. The van der Waals surface area contributed by atoms with Gasteiger partial charge in [-0.3, -0.25) is 0 Å². The average molecular weight is 234 g/mol. The molecule has 4 heteroatoms. The number of hydrogen-bond acceptors (Lipinski definition) is 4. The van der Waals surface area contributed by atoms with Gasteiger partial charge in [0, 0.05) is 5.69 Å². The molecule has 84 valence electrons. The van der Waals surface area contributed by atoms with E-state index >= 15 is 0 Å². The molecular weight excluding hydrogens is 220 g/mol. The molecular formula is C12H14N2OS. The minimum atomic E-state index is 0.0494. The Balaban J connectivity index is 2.11. The zero-order valence-electron chi connectivity index (χ0n) is 9.19. The van der Waals surface area contributed by atoms with Gasteiger partial charge in [-0.25, -0.2) is 4.98 Å². The fourth-order valence-electron chi connectivity index (χ4n) is 2.12. The van der Waals surface area contributed by atoms with Crippen molar-refractivity contribution in [2.75, 3.05) is 11.5 Å². The van der Waals surface area contributed by atoms with Gasteiger partial charge < -0.3 is 10.2 Å². The molecule has 3 nitrogen and oxygen atoms in total. The third-order valence-electron chi connectivity index (χ3n) is 3.08. The predicted octanol–water partition coefficient (Wildman–Crippen LogP) is 3.15. The molecule has 0 spiro atoms. The highest BCUT2D eigenvalue weighted by atomic mass is 32.2. The van der Waals surface area contributed by atoms with E-state index in [-0.39, 0.29) is 4.75 Å². The quantitative estimate of drug-likeness (QED) is 0.770. The molecule has 1 unspecified atom stereocenters. The molecule has 0 saturated carbocycles. The third kappa shape index (κ3) is 1.48. The Hall–Kier alpha value is -1.16. The van der Waals surface area contributed by atoms with E-state index in [1.165, 1.54) is 12.2 Å². The molecule has 3 rings (SSSR count). The number of benzene rings is 1. The molecule has 0 aliphatic carbocycles. The Labute approximate surface area is 98.4 Å². The van der Waals surface area contributed by atoms with Crippen molar-refractivity contribution in [3.8, 4) is 0 Å². The lowest BCUT2D eigenvalue weighted by molar-refractivity contribution is 0.451. The van der Waals surface area contributed by atoms with Crippen molar-refractivity contribution < 1.29 is 4.42 Å². The zero-order chi connectivity index (χ0) is 11.2. The Morgan fingerprint density at radius 3 is 3.12 bits per heavy atom. The minimum absolute atomic E-state index is 0.0494. The van der Waals surface area contributed by atoms with Crippen LogP contribution in [0.25, 0.3) is 11.1 Å². The Morgan fingerprint density at radius 2 is 2.38 bits per heavy atom. The number of nitrogens with zero attached hydrogens (tertiary/aromatic N) is 1. The number of nitrogens with two attached hydrogens (primary N) is 1. The molecule has 1 atom stereocenters. The fraction of sp³-hybridized carbons (Fsp3) is 0.417. The summed E-state index contributed by atoms with van der Waals surface area (Å²) >= 11 is 1.93. The molecule has 1 aromatic carbocycles. The first-order chi connectivity index (χ1) is 7.67.